The highest BCUT2D eigenvalue weighted by Gasteiger charge is 2.08. The van der Waals surface area contributed by atoms with Gasteiger partial charge in [-0.15, -0.1) is 15.0 Å². The van der Waals surface area contributed by atoms with Crippen LogP contribution in [0, 0.1) is 0 Å². The van der Waals surface area contributed by atoms with Crippen LogP contribution in [0.25, 0.3) is 29.0 Å². The Bertz CT molecular complexity index is 1060. The van der Waals surface area contributed by atoms with E-state index in [0.29, 0.717) is 5.65 Å². The molecule has 0 fully saturated rings. The lowest BCUT2D eigenvalue weighted by Gasteiger charge is -1.99. The van der Waals surface area contributed by atoms with E-state index < -0.39 is 0 Å². The van der Waals surface area contributed by atoms with Crippen molar-refractivity contribution in [1.29, 1.82) is 0 Å². The summed E-state index contributed by atoms with van der Waals surface area (Å²) in [7, 11) is 0. The van der Waals surface area contributed by atoms with Crippen LogP contribution in [0.2, 0.25) is 0 Å². The highest BCUT2D eigenvalue weighted by atomic mass is 16.1. The Hall–Kier alpha value is -3.54. The summed E-state index contributed by atoms with van der Waals surface area (Å²) in [5, 5.41) is 8.41. The van der Waals surface area contributed by atoms with Gasteiger partial charge in [-0.3, -0.25) is 4.79 Å². The van der Waals surface area contributed by atoms with Gasteiger partial charge in [0.15, 0.2) is 5.52 Å². The predicted molar refractivity (Wildman–Crippen MR) is 92.7 cm³/mol. The van der Waals surface area contributed by atoms with Crippen LogP contribution in [0.5, 0.6) is 0 Å². The van der Waals surface area contributed by atoms with Gasteiger partial charge in [-0.05, 0) is 23.3 Å². The highest BCUT2D eigenvalue weighted by molar-refractivity contribution is 5.70. The number of benzene rings is 2. The van der Waals surface area contributed by atoms with Crippen LogP contribution in [-0.4, -0.2) is 25.0 Å². The number of aromatic amines is 1. The summed E-state index contributed by atoms with van der Waals surface area (Å²) in [6.07, 6.45) is 5.42. The maximum atomic E-state index is 11.7. The van der Waals surface area contributed by atoms with Gasteiger partial charge in [0.2, 0.25) is 5.65 Å². The molecule has 0 atom stereocenters. The Balaban J connectivity index is 1.62. The molecule has 0 amide bonds. The topological polar surface area (TPSA) is 76.5 Å². The Morgan fingerprint density at radius 1 is 0.875 bits per heavy atom. The molecule has 4 rings (SSSR count). The van der Waals surface area contributed by atoms with Gasteiger partial charge in [0.1, 0.15) is 0 Å². The zero-order valence-electron chi connectivity index (χ0n) is 12.6. The zero-order valence-corrected chi connectivity index (χ0v) is 12.6. The van der Waals surface area contributed by atoms with Crippen molar-refractivity contribution in [3.63, 3.8) is 0 Å². The van der Waals surface area contributed by atoms with Crippen molar-refractivity contribution in [2.24, 2.45) is 0 Å². The third-order valence-corrected chi connectivity index (χ3v) is 3.59. The second-order valence-corrected chi connectivity index (χ2v) is 5.23. The Labute approximate surface area is 137 Å². The minimum absolute atomic E-state index is 0.227. The first-order valence-electron chi connectivity index (χ1n) is 7.44. The summed E-state index contributed by atoms with van der Waals surface area (Å²) in [6, 6.07) is 17.9. The fourth-order valence-electron chi connectivity index (χ4n) is 2.34. The van der Waals surface area contributed by atoms with Gasteiger partial charge >= 0.3 is 0 Å². The van der Waals surface area contributed by atoms with E-state index in [1.165, 1.54) is 11.1 Å². The normalized spacial score (nSPS) is 11.3. The van der Waals surface area contributed by atoms with Gasteiger partial charge in [0.25, 0.3) is 5.56 Å². The molecule has 4 aromatic rings. The summed E-state index contributed by atoms with van der Waals surface area (Å²) < 4.78 is 0. The molecule has 0 unspecified atom stereocenters. The molecular weight excluding hydrogens is 302 g/mol. The number of hydrogen-bond acceptors (Lipinski definition) is 4. The van der Waals surface area contributed by atoms with Crippen LogP contribution in [-0.2, 0) is 0 Å². The second-order valence-electron chi connectivity index (χ2n) is 5.23. The van der Waals surface area contributed by atoms with Crippen molar-refractivity contribution in [3.8, 4) is 5.69 Å². The number of aromatic nitrogens is 5. The molecule has 1 N–H and O–H groups in total. The van der Waals surface area contributed by atoms with Crippen LogP contribution in [0.3, 0.4) is 0 Å². The summed E-state index contributed by atoms with van der Waals surface area (Å²) in [6.45, 7) is 0. The van der Waals surface area contributed by atoms with Crippen LogP contribution in [0.1, 0.15) is 11.1 Å². The quantitative estimate of drug-likeness (QED) is 0.590. The first-order chi connectivity index (χ1) is 11.8. The molecule has 0 radical (unpaired) electrons. The van der Waals surface area contributed by atoms with Gasteiger partial charge in [-0.25, -0.2) is 4.98 Å². The number of rotatable bonds is 3. The van der Waals surface area contributed by atoms with Crippen molar-refractivity contribution in [3.05, 3.63) is 82.4 Å². The number of nitrogens with zero attached hydrogens (tertiary/aromatic N) is 4. The van der Waals surface area contributed by atoms with Gasteiger partial charge in [-0.2, -0.15) is 0 Å². The lowest BCUT2D eigenvalue weighted by Crippen LogP contribution is -2.06. The van der Waals surface area contributed by atoms with Crippen LogP contribution < -0.4 is 5.56 Å². The van der Waals surface area contributed by atoms with E-state index in [4.69, 9.17) is 0 Å². The molecule has 0 aliphatic rings. The fourth-order valence-corrected chi connectivity index (χ4v) is 2.34. The van der Waals surface area contributed by atoms with E-state index >= 15 is 0 Å². The average Bonchev–Trinajstić information content (AvgIpc) is 3.07. The minimum Gasteiger partial charge on any atom is -0.311 e. The largest absolute Gasteiger partial charge is 0.311 e. The van der Waals surface area contributed by atoms with Crippen LogP contribution >= 0.6 is 0 Å². The lowest BCUT2D eigenvalue weighted by molar-refractivity contribution is 0.763. The monoisotopic (exact) mass is 315 g/mol. The molecule has 0 saturated heterocycles. The van der Waals surface area contributed by atoms with Gasteiger partial charge in [-0.1, -0.05) is 54.6 Å². The number of hydrogen-bond donors (Lipinski definition) is 1. The maximum Gasteiger partial charge on any atom is 0.280 e. The van der Waals surface area contributed by atoms with Crippen molar-refractivity contribution < 1.29 is 0 Å². The van der Waals surface area contributed by atoms with E-state index in [-0.39, 0.29) is 11.1 Å². The standard InChI is InChI=1S/C18H13N5O/c24-18-16-17(19-12-20-18)22-23(21-16)15-10-8-14(9-11-15)7-6-13-4-2-1-3-5-13/h1-12H,(H,19,20,22,24). The van der Waals surface area contributed by atoms with Crippen LogP contribution in [0.4, 0.5) is 0 Å². The third-order valence-electron chi connectivity index (χ3n) is 3.59. The third kappa shape index (κ3) is 2.72. The minimum atomic E-state index is -0.298. The number of H-pyrrole nitrogens is 1. The van der Waals surface area contributed by atoms with E-state index in [9.17, 15) is 4.79 Å². The maximum absolute atomic E-state index is 11.7. The van der Waals surface area contributed by atoms with E-state index in [2.05, 4.69) is 38.4 Å². The Kier molecular flexibility index (Phi) is 3.47. The van der Waals surface area contributed by atoms with Gasteiger partial charge in [0.05, 0.1) is 12.0 Å². The molecule has 0 bridgehead atoms. The Morgan fingerprint density at radius 3 is 2.29 bits per heavy atom. The SMILES string of the molecule is O=c1[nH]cnc2nn(-c3ccc(C=Cc4ccccc4)cc3)nc12. The molecule has 0 aliphatic heterocycles. The zero-order chi connectivity index (χ0) is 16.4. The highest BCUT2D eigenvalue weighted by Crippen LogP contribution is 2.12. The molecule has 2 aromatic carbocycles. The summed E-state index contributed by atoms with van der Waals surface area (Å²) in [5.41, 5.74) is 3.23. The van der Waals surface area contributed by atoms with Crippen molar-refractivity contribution in [1.82, 2.24) is 25.0 Å². The predicted octanol–water partition coefficient (Wildman–Crippen LogP) is 2.67. The molecule has 0 saturated carbocycles. The lowest BCUT2D eigenvalue weighted by atomic mass is 10.1. The molecule has 116 valence electrons. The summed E-state index contributed by atoms with van der Waals surface area (Å²) in [5.74, 6) is 0. The van der Waals surface area contributed by atoms with Gasteiger partial charge in [0, 0.05) is 0 Å². The average molecular weight is 315 g/mol. The number of fused-ring (bicyclic) bond motifs is 1. The molecule has 6 heteroatoms. The van der Waals surface area contributed by atoms with E-state index in [0.717, 1.165) is 16.8 Å². The van der Waals surface area contributed by atoms with Gasteiger partial charge < -0.3 is 4.98 Å². The molecule has 6 nitrogen and oxygen atoms in total. The smallest absolute Gasteiger partial charge is 0.280 e. The molecule has 0 aliphatic carbocycles. The van der Waals surface area contributed by atoms with Crippen molar-refractivity contribution in [2.75, 3.05) is 0 Å². The molecular formula is C18H13N5O. The molecule has 2 aromatic heterocycles. The molecule has 0 spiro atoms. The van der Waals surface area contributed by atoms with Crippen LogP contribution in [0.15, 0.2) is 65.7 Å². The molecule has 24 heavy (non-hydrogen) atoms. The summed E-state index contributed by atoms with van der Waals surface area (Å²) >= 11 is 0. The van der Waals surface area contributed by atoms with E-state index in [1.54, 1.807) is 0 Å². The Morgan fingerprint density at radius 2 is 1.58 bits per heavy atom. The number of nitrogens with one attached hydrogen (secondary N) is 1. The van der Waals surface area contributed by atoms with E-state index in [1.807, 2.05) is 48.5 Å². The second kappa shape index (κ2) is 5.92. The first kappa shape index (κ1) is 14.1. The fraction of sp³-hybridized carbons (Fsp3) is 0. The summed E-state index contributed by atoms with van der Waals surface area (Å²) in [4.78, 5) is 19.6. The van der Waals surface area contributed by atoms with Crippen molar-refractivity contribution in [2.45, 2.75) is 0 Å². The first-order valence-corrected chi connectivity index (χ1v) is 7.44. The molecule has 2 heterocycles. The van der Waals surface area contributed by atoms with Crippen molar-refractivity contribution >= 4 is 23.3 Å².